The molecule has 2 heterocycles. The second kappa shape index (κ2) is 7.09. The van der Waals surface area contributed by atoms with E-state index in [1.54, 1.807) is 6.07 Å². The Labute approximate surface area is 134 Å². The molecule has 2 fully saturated rings. The summed E-state index contributed by atoms with van der Waals surface area (Å²) < 4.78 is 6.46. The maximum absolute atomic E-state index is 9.95. The zero-order chi connectivity index (χ0) is 14.7. The Hall–Kier alpha value is -0.620. The molecule has 1 aromatic carbocycles. The molecule has 1 N–H and O–H groups in total. The van der Waals surface area contributed by atoms with E-state index in [1.165, 1.54) is 12.8 Å². The van der Waals surface area contributed by atoms with Crippen LogP contribution in [0.2, 0.25) is 0 Å². The zero-order valence-electron chi connectivity index (χ0n) is 12.3. The Morgan fingerprint density at radius 2 is 1.86 bits per heavy atom. The summed E-state index contributed by atoms with van der Waals surface area (Å²) in [7, 11) is 0. The molecule has 0 aliphatic carbocycles. The molecule has 0 atom stereocenters. The minimum absolute atomic E-state index is 0.397. The number of likely N-dealkylation sites (tertiary alicyclic amines) is 1. The number of ether oxygens (including phenoxy) is 1. The van der Waals surface area contributed by atoms with Crippen LogP contribution in [0.5, 0.6) is 5.75 Å². The predicted molar refractivity (Wildman–Crippen MR) is 86.5 cm³/mol. The molecular weight excluding hydrogens is 332 g/mol. The van der Waals surface area contributed by atoms with Gasteiger partial charge in [-0.25, -0.2) is 0 Å². The van der Waals surface area contributed by atoms with E-state index in [9.17, 15) is 5.11 Å². The van der Waals surface area contributed by atoms with Crippen LogP contribution < -0.4 is 0 Å². The number of benzene rings is 1. The molecule has 2 aliphatic heterocycles. The lowest BCUT2D eigenvalue weighted by atomic mass is 10.0. The van der Waals surface area contributed by atoms with Crippen LogP contribution in [-0.4, -0.2) is 60.3 Å². The van der Waals surface area contributed by atoms with E-state index in [0.29, 0.717) is 11.8 Å². The van der Waals surface area contributed by atoms with Gasteiger partial charge in [-0.05, 0) is 44.1 Å². The first-order valence-electron chi connectivity index (χ1n) is 7.74. The first-order chi connectivity index (χ1) is 10.2. The molecule has 116 valence electrons. The lowest BCUT2D eigenvalue weighted by Crippen LogP contribution is -2.48. The molecule has 0 bridgehead atoms. The van der Waals surface area contributed by atoms with E-state index in [4.69, 9.17) is 4.74 Å². The third kappa shape index (κ3) is 3.97. The van der Waals surface area contributed by atoms with E-state index in [2.05, 4.69) is 25.7 Å². The van der Waals surface area contributed by atoms with Crippen molar-refractivity contribution < 1.29 is 9.84 Å². The summed E-state index contributed by atoms with van der Waals surface area (Å²) >= 11 is 3.47. The Balaban J connectivity index is 1.52. The second-order valence-electron chi connectivity index (χ2n) is 5.93. The van der Waals surface area contributed by atoms with Crippen LogP contribution in [0.1, 0.15) is 18.4 Å². The summed E-state index contributed by atoms with van der Waals surface area (Å²) in [5.74, 6) is 0.397. The van der Waals surface area contributed by atoms with Crippen molar-refractivity contribution in [3.63, 3.8) is 0 Å². The van der Waals surface area contributed by atoms with Crippen LogP contribution >= 0.6 is 15.9 Å². The molecule has 3 rings (SSSR count). The third-order valence-corrected chi connectivity index (χ3v) is 5.05. The molecule has 1 aromatic rings. The monoisotopic (exact) mass is 354 g/mol. The molecule has 0 radical (unpaired) electrons. The van der Waals surface area contributed by atoms with Gasteiger partial charge < -0.3 is 9.84 Å². The number of nitrogens with zero attached hydrogens (tertiary/aromatic N) is 2. The Kier molecular flexibility index (Phi) is 5.16. The molecule has 0 aromatic heterocycles. The summed E-state index contributed by atoms with van der Waals surface area (Å²) in [4.78, 5) is 5.02. The van der Waals surface area contributed by atoms with Crippen LogP contribution in [0.25, 0.3) is 0 Å². The fourth-order valence-corrected chi connectivity index (χ4v) is 3.72. The number of hydrogen-bond acceptors (Lipinski definition) is 4. The van der Waals surface area contributed by atoms with Gasteiger partial charge in [0.1, 0.15) is 5.75 Å². The number of aromatic hydroxyl groups is 1. The lowest BCUT2D eigenvalue weighted by molar-refractivity contribution is 0.000181. The Morgan fingerprint density at radius 3 is 2.57 bits per heavy atom. The van der Waals surface area contributed by atoms with Gasteiger partial charge in [-0.2, -0.15) is 0 Å². The van der Waals surface area contributed by atoms with Crippen molar-refractivity contribution in [2.45, 2.75) is 25.4 Å². The lowest BCUT2D eigenvalue weighted by Gasteiger charge is -2.40. The normalized spacial score (nSPS) is 22.5. The molecular formula is C16H23BrN2O2. The number of piperidine rings is 1. The fraction of sp³-hybridized carbons (Fsp3) is 0.625. The van der Waals surface area contributed by atoms with Gasteiger partial charge in [-0.1, -0.05) is 15.9 Å². The first kappa shape index (κ1) is 15.3. The quantitative estimate of drug-likeness (QED) is 0.904. The van der Waals surface area contributed by atoms with Crippen molar-refractivity contribution in [1.82, 2.24) is 9.80 Å². The van der Waals surface area contributed by atoms with Crippen molar-refractivity contribution in [3.05, 3.63) is 28.2 Å². The molecule has 2 saturated heterocycles. The molecule has 0 amide bonds. The largest absolute Gasteiger partial charge is 0.508 e. The van der Waals surface area contributed by atoms with Gasteiger partial charge in [0, 0.05) is 35.7 Å². The van der Waals surface area contributed by atoms with Crippen molar-refractivity contribution in [2.24, 2.45) is 0 Å². The van der Waals surface area contributed by atoms with Crippen LogP contribution in [0.4, 0.5) is 0 Å². The van der Waals surface area contributed by atoms with Gasteiger partial charge in [0.05, 0.1) is 13.2 Å². The van der Waals surface area contributed by atoms with Gasteiger partial charge in [-0.15, -0.1) is 0 Å². The van der Waals surface area contributed by atoms with E-state index < -0.39 is 0 Å². The van der Waals surface area contributed by atoms with Crippen molar-refractivity contribution in [3.8, 4) is 5.75 Å². The standard InChI is InChI=1S/C16H23BrN2O2/c17-14-1-2-16(20)13(11-14)12-18-5-3-15(4-6-18)19-7-9-21-10-8-19/h1-2,11,15,20H,3-10,12H2. The van der Waals surface area contributed by atoms with Crippen molar-refractivity contribution in [2.75, 3.05) is 39.4 Å². The molecule has 5 heteroatoms. The number of halogens is 1. The maximum Gasteiger partial charge on any atom is 0.120 e. The first-order valence-corrected chi connectivity index (χ1v) is 8.53. The number of phenolic OH excluding ortho intramolecular Hbond substituents is 1. The van der Waals surface area contributed by atoms with Crippen LogP contribution in [0.3, 0.4) is 0 Å². The summed E-state index contributed by atoms with van der Waals surface area (Å²) in [6.45, 7) is 6.97. The summed E-state index contributed by atoms with van der Waals surface area (Å²) in [6.07, 6.45) is 2.43. The predicted octanol–water partition coefficient (Wildman–Crippen LogP) is 2.45. The third-order valence-electron chi connectivity index (χ3n) is 4.55. The fourth-order valence-electron chi connectivity index (χ4n) is 3.31. The Morgan fingerprint density at radius 1 is 1.14 bits per heavy atom. The summed E-state index contributed by atoms with van der Waals surface area (Å²) in [6, 6.07) is 6.37. The van der Waals surface area contributed by atoms with Gasteiger partial charge in [-0.3, -0.25) is 9.80 Å². The number of hydrogen-bond donors (Lipinski definition) is 1. The highest BCUT2D eigenvalue weighted by Crippen LogP contribution is 2.25. The second-order valence-corrected chi connectivity index (χ2v) is 6.84. The number of rotatable bonds is 3. The summed E-state index contributed by atoms with van der Waals surface area (Å²) in [5.41, 5.74) is 1.01. The minimum Gasteiger partial charge on any atom is -0.508 e. The van der Waals surface area contributed by atoms with E-state index in [-0.39, 0.29) is 0 Å². The molecule has 0 saturated carbocycles. The van der Waals surface area contributed by atoms with Crippen molar-refractivity contribution in [1.29, 1.82) is 0 Å². The van der Waals surface area contributed by atoms with Gasteiger partial charge in [0.15, 0.2) is 0 Å². The van der Waals surface area contributed by atoms with Gasteiger partial charge in [0.2, 0.25) is 0 Å². The Bertz CT molecular complexity index is 469. The van der Waals surface area contributed by atoms with E-state index in [0.717, 1.165) is 56.0 Å². The topological polar surface area (TPSA) is 35.9 Å². The molecule has 21 heavy (non-hydrogen) atoms. The van der Waals surface area contributed by atoms with Crippen LogP contribution in [0.15, 0.2) is 22.7 Å². The SMILES string of the molecule is Oc1ccc(Br)cc1CN1CCC(N2CCOCC2)CC1. The highest BCUT2D eigenvalue weighted by Gasteiger charge is 2.26. The highest BCUT2D eigenvalue weighted by atomic mass is 79.9. The number of phenols is 1. The van der Waals surface area contributed by atoms with Crippen LogP contribution in [0, 0.1) is 0 Å². The molecule has 0 spiro atoms. The average Bonchev–Trinajstić information content (AvgIpc) is 2.53. The number of morpholine rings is 1. The molecule has 0 unspecified atom stereocenters. The van der Waals surface area contributed by atoms with Crippen LogP contribution in [-0.2, 0) is 11.3 Å². The zero-order valence-corrected chi connectivity index (χ0v) is 13.9. The van der Waals surface area contributed by atoms with Crippen molar-refractivity contribution >= 4 is 15.9 Å². The minimum atomic E-state index is 0.397. The molecule has 2 aliphatic rings. The summed E-state index contributed by atoms with van der Waals surface area (Å²) in [5, 5.41) is 9.95. The van der Waals surface area contributed by atoms with Gasteiger partial charge in [0.25, 0.3) is 0 Å². The highest BCUT2D eigenvalue weighted by molar-refractivity contribution is 9.10. The van der Waals surface area contributed by atoms with Gasteiger partial charge >= 0.3 is 0 Å². The van der Waals surface area contributed by atoms with E-state index in [1.807, 2.05) is 12.1 Å². The smallest absolute Gasteiger partial charge is 0.120 e. The molecule has 4 nitrogen and oxygen atoms in total. The van der Waals surface area contributed by atoms with E-state index >= 15 is 0 Å². The maximum atomic E-state index is 9.95. The average molecular weight is 355 g/mol.